The number of carbonyl (C=O) groups is 1. The number of amides is 1. The van der Waals surface area contributed by atoms with Crippen LogP contribution in [0.4, 0.5) is 18.9 Å². The van der Waals surface area contributed by atoms with Crippen molar-refractivity contribution >= 4 is 19.7 Å². The van der Waals surface area contributed by atoms with Gasteiger partial charge < -0.3 is 4.90 Å². The van der Waals surface area contributed by atoms with Crippen LogP contribution in [0, 0.1) is 0 Å². The van der Waals surface area contributed by atoms with Crippen LogP contribution in [0.2, 0.25) is 19.1 Å². The zero-order valence-corrected chi connectivity index (χ0v) is 14.0. The maximum atomic E-state index is 12.5. The maximum absolute atomic E-state index is 12.5. The van der Waals surface area contributed by atoms with Gasteiger partial charge in [0.1, 0.15) is 6.42 Å². The number of rotatable bonds is 7. The summed E-state index contributed by atoms with van der Waals surface area (Å²) in [6, 6.07) is 9.40. The molecule has 6 heteroatoms. The molecule has 0 aliphatic heterocycles. The first-order chi connectivity index (χ1) is 10.1. The van der Waals surface area contributed by atoms with Crippen LogP contribution in [0.25, 0.3) is 0 Å². The lowest BCUT2D eigenvalue weighted by Crippen LogP contribution is -2.36. The van der Waals surface area contributed by atoms with E-state index in [2.05, 4.69) is 19.7 Å². The number of anilines is 1. The third-order valence-electron chi connectivity index (χ3n) is 3.48. The van der Waals surface area contributed by atoms with Crippen molar-refractivity contribution in [3.63, 3.8) is 0 Å². The largest absolute Gasteiger partial charge is 0.397 e. The third-order valence-corrected chi connectivity index (χ3v) is 6.22. The molecule has 0 fully saturated rings. The number of carbonyl (C=O) groups excluding carboxylic acids is 1. The van der Waals surface area contributed by atoms with Crippen molar-refractivity contribution in [1.82, 2.24) is 0 Å². The van der Waals surface area contributed by atoms with E-state index in [0.29, 0.717) is 18.7 Å². The van der Waals surface area contributed by atoms with E-state index in [9.17, 15) is 18.0 Å². The Morgan fingerprint density at radius 3 is 2.36 bits per heavy atom. The number of hydrogen-bond acceptors (Lipinski definition) is 1. The van der Waals surface area contributed by atoms with E-state index in [0.717, 1.165) is 6.04 Å². The van der Waals surface area contributed by atoms with Crippen LogP contribution in [0.3, 0.4) is 0 Å². The minimum absolute atomic E-state index is 0.295. The molecule has 22 heavy (non-hydrogen) atoms. The molecule has 1 aromatic rings. The zero-order chi connectivity index (χ0) is 16.8. The lowest BCUT2D eigenvalue weighted by Gasteiger charge is -2.25. The number of para-hydroxylation sites is 1. The zero-order valence-electron chi connectivity index (χ0n) is 13.0. The highest BCUT2D eigenvalue weighted by Crippen LogP contribution is 2.24. The van der Waals surface area contributed by atoms with E-state index in [1.54, 1.807) is 30.3 Å². The molecule has 1 aromatic carbocycles. The molecule has 2 nitrogen and oxygen atoms in total. The summed E-state index contributed by atoms with van der Waals surface area (Å²) in [6.07, 6.45) is -5.24. The second kappa shape index (κ2) is 7.62. The highest BCUT2D eigenvalue weighted by atomic mass is 28.3. The molecule has 0 atom stereocenters. The third kappa shape index (κ3) is 6.47. The van der Waals surface area contributed by atoms with E-state index >= 15 is 0 Å². The Kier molecular flexibility index (Phi) is 6.41. The lowest BCUT2D eigenvalue weighted by atomic mass is 10.2. The Balaban J connectivity index is 2.80. The molecule has 0 heterocycles. The quantitative estimate of drug-likeness (QED) is 0.658. The van der Waals surface area contributed by atoms with Gasteiger partial charge in [-0.2, -0.15) is 13.2 Å². The SMILES string of the molecule is C=C[Si](C)(C)CCCN(C(=O)CC(F)(F)F)c1ccccc1. The van der Waals surface area contributed by atoms with E-state index in [1.165, 1.54) is 4.90 Å². The maximum Gasteiger partial charge on any atom is 0.397 e. The molecule has 0 bridgehead atoms. The van der Waals surface area contributed by atoms with Gasteiger partial charge in [-0.15, -0.1) is 12.3 Å². The van der Waals surface area contributed by atoms with Gasteiger partial charge in [-0.1, -0.05) is 37.3 Å². The second-order valence-electron chi connectivity index (χ2n) is 5.97. The average molecular weight is 329 g/mol. The minimum Gasteiger partial charge on any atom is -0.312 e. The van der Waals surface area contributed by atoms with Crippen molar-refractivity contribution in [1.29, 1.82) is 0 Å². The summed E-state index contributed by atoms with van der Waals surface area (Å²) >= 11 is 0. The van der Waals surface area contributed by atoms with E-state index < -0.39 is 26.6 Å². The monoisotopic (exact) mass is 329 g/mol. The number of nitrogens with zero attached hydrogens (tertiary/aromatic N) is 1. The summed E-state index contributed by atoms with van der Waals surface area (Å²) < 4.78 is 37.5. The topological polar surface area (TPSA) is 20.3 Å². The van der Waals surface area contributed by atoms with Crippen LogP contribution >= 0.6 is 0 Å². The fraction of sp³-hybridized carbons (Fsp3) is 0.438. The second-order valence-corrected chi connectivity index (χ2v) is 10.9. The van der Waals surface area contributed by atoms with Crippen LogP contribution in [-0.4, -0.2) is 26.7 Å². The van der Waals surface area contributed by atoms with E-state index in [-0.39, 0.29) is 0 Å². The first-order valence-electron chi connectivity index (χ1n) is 7.20. The van der Waals surface area contributed by atoms with Crippen molar-refractivity contribution in [3.8, 4) is 0 Å². The van der Waals surface area contributed by atoms with Crippen LogP contribution in [0.5, 0.6) is 0 Å². The minimum atomic E-state index is -4.49. The number of hydrogen-bond donors (Lipinski definition) is 0. The molecule has 0 radical (unpaired) electrons. The van der Waals surface area contributed by atoms with Crippen molar-refractivity contribution < 1.29 is 18.0 Å². The smallest absolute Gasteiger partial charge is 0.312 e. The van der Waals surface area contributed by atoms with Crippen LogP contribution in [-0.2, 0) is 4.79 Å². The van der Waals surface area contributed by atoms with Gasteiger partial charge in [-0.25, -0.2) is 0 Å². The summed E-state index contributed by atoms with van der Waals surface area (Å²) in [5.41, 5.74) is 2.46. The van der Waals surface area contributed by atoms with Gasteiger partial charge in [-0.05, 0) is 18.6 Å². The first kappa shape index (κ1) is 18.5. The molecule has 1 amide bonds. The normalized spacial score (nSPS) is 12.0. The van der Waals surface area contributed by atoms with Crippen molar-refractivity contribution in [2.75, 3.05) is 11.4 Å². The van der Waals surface area contributed by atoms with Gasteiger partial charge in [-0.3, -0.25) is 4.79 Å². The summed E-state index contributed by atoms with van der Waals surface area (Å²) in [6.45, 7) is 8.39. The summed E-state index contributed by atoms with van der Waals surface area (Å²) in [5.74, 6) is -0.906. The van der Waals surface area contributed by atoms with Gasteiger partial charge in [0.15, 0.2) is 0 Å². The fourth-order valence-corrected chi connectivity index (χ4v) is 3.34. The molecule has 0 spiro atoms. The summed E-state index contributed by atoms with van der Waals surface area (Å²) in [4.78, 5) is 13.2. The number of benzene rings is 1. The predicted octanol–water partition coefficient (Wildman–Crippen LogP) is 4.80. The Morgan fingerprint density at radius 1 is 1.27 bits per heavy atom. The first-order valence-corrected chi connectivity index (χ1v) is 10.5. The molecule has 0 aliphatic carbocycles. The van der Waals surface area contributed by atoms with Crippen molar-refractivity contribution in [3.05, 3.63) is 42.6 Å². The van der Waals surface area contributed by atoms with Crippen LogP contribution in [0.1, 0.15) is 12.8 Å². The molecule has 0 aromatic heterocycles. The van der Waals surface area contributed by atoms with Gasteiger partial charge in [0.05, 0.1) is 8.07 Å². The summed E-state index contributed by atoms with van der Waals surface area (Å²) in [5, 5.41) is 0. The Morgan fingerprint density at radius 2 is 1.86 bits per heavy atom. The molecule has 122 valence electrons. The van der Waals surface area contributed by atoms with Gasteiger partial charge >= 0.3 is 6.18 Å². The van der Waals surface area contributed by atoms with E-state index in [4.69, 9.17) is 0 Å². The fourth-order valence-electron chi connectivity index (χ4n) is 2.07. The molecular weight excluding hydrogens is 307 g/mol. The Bertz CT molecular complexity index is 500. The number of alkyl halides is 3. The van der Waals surface area contributed by atoms with Gasteiger partial charge in [0, 0.05) is 12.2 Å². The molecule has 1 rings (SSSR count). The van der Waals surface area contributed by atoms with E-state index in [1.807, 2.05) is 5.70 Å². The van der Waals surface area contributed by atoms with Crippen molar-refractivity contribution in [2.24, 2.45) is 0 Å². The van der Waals surface area contributed by atoms with Gasteiger partial charge in [0.25, 0.3) is 0 Å². The molecule has 0 aliphatic rings. The standard InChI is InChI=1S/C16H22F3NOSi/c1-4-22(2,3)12-8-11-20(14-9-6-5-7-10-14)15(21)13-16(17,18)19/h4-7,9-10H,1,8,11-13H2,2-3H3. The molecule has 0 unspecified atom stereocenters. The molecule has 0 saturated carbocycles. The lowest BCUT2D eigenvalue weighted by molar-refractivity contribution is -0.151. The van der Waals surface area contributed by atoms with Crippen LogP contribution < -0.4 is 4.90 Å². The summed E-state index contributed by atoms with van der Waals surface area (Å²) in [7, 11) is -1.52. The Hall–Kier alpha value is -1.56. The highest BCUT2D eigenvalue weighted by molar-refractivity contribution is 6.82. The molecule has 0 N–H and O–H groups in total. The molecular formula is C16H22F3NOSi. The Labute approximate surface area is 130 Å². The number of halogens is 3. The van der Waals surface area contributed by atoms with Crippen molar-refractivity contribution in [2.45, 2.75) is 38.2 Å². The molecule has 0 saturated heterocycles. The average Bonchev–Trinajstić information content (AvgIpc) is 2.42. The van der Waals surface area contributed by atoms with Crippen LogP contribution in [0.15, 0.2) is 42.6 Å². The predicted molar refractivity (Wildman–Crippen MR) is 86.6 cm³/mol. The highest BCUT2D eigenvalue weighted by Gasteiger charge is 2.34. The van der Waals surface area contributed by atoms with Gasteiger partial charge in [0.2, 0.25) is 5.91 Å².